The molecule has 0 saturated carbocycles. The number of carbonyl (C=O) groups excluding carboxylic acids is 1. The van der Waals surface area contributed by atoms with Gasteiger partial charge in [-0.3, -0.25) is 4.79 Å². The minimum absolute atomic E-state index is 0.147. The van der Waals surface area contributed by atoms with Crippen LogP contribution in [-0.4, -0.2) is 69.5 Å². The number of aliphatic hydroxyl groups excluding tert-OH is 1. The monoisotopic (exact) mass is 455 g/mol. The third-order valence-electron chi connectivity index (χ3n) is 6.14. The van der Waals surface area contributed by atoms with Gasteiger partial charge in [0, 0.05) is 31.5 Å². The Labute approximate surface area is 193 Å². The maximum absolute atomic E-state index is 12.5. The highest BCUT2D eigenvalue weighted by Crippen LogP contribution is 2.30. The normalized spacial score (nSPS) is 15.4. The van der Waals surface area contributed by atoms with Crippen LogP contribution in [0.15, 0.2) is 18.2 Å². The molecule has 1 aliphatic rings. The first-order chi connectivity index (χ1) is 16.0. The number of nitrogens with two attached hydrogens (primary N) is 1. The van der Waals surface area contributed by atoms with Crippen molar-refractivity contribution in [2.75, 3.05) is 38.6 Å². The number of pyridine rings is 1. The third-order valence-corrected chi connectivity index (χ3v) is 6.14. The fraction of sp³-hybridized carbons (Fsp3) is 0.542. The number of aryl methyl sites for hydroxylation is 1. The molecule has 1 unspecified atom stereocenters. The zero-order chi connectivity index (χ0) is 23.4. The van der Waals surface area contributed by atoms with E-state index in [9.17, 15) is 9.90 Å². The summed E-state index contributed by atoms with van der Waals surface area (Å²) >= 11 is 0. The number of nitrogens with zero attached hydrogens (tertiary/aromatic N) is 4. The van der Waals surface area contributed by atoms with Crippen molar-refractivity contribution in [2.45, 2.75) is 52.4 Å². The molecule has 2 aromatic heterocycles. The van der Waals surface area contributed by atoms with Gasteiger partial charge in [0.15, 0.2) is 5.82 Å². The van der Waals surface area contributed by atoms with Gasteiger partial charge >= 0.3 is 0 Å². The molecule has 0 radical (unpaired) electrons. The molecular formula is C24H33N5O4. The Morgan fingerprint density at radius 3 is 2.79 bits per heavy atom. The molecule has 1 amide bonds. The molecule has 0 bridgehead atoms. The van der Waals surface area contributed by atoms with E-state index in [2.05, 4.69) is 4.98 Å². The number of hydrogen-bond donors (Lipinski definition) is 2. The average molecular weight is 456 g/mol. The van der Waals surface area contributed by atoms with Crippen LogP contribution in [0.4, 0.5) is 5.82 Å². The number of aliphatic hydroxyl groups is 1. The summed E-state index contributed by atoms with van der Waals surface area (Å²) in [4.78, 5) is 23.7. The number of fused-ring (bicyclic) bond motifs is 3. The Kier molecular flexibility index (Phi) is 7.42. The molecule has 3 N–H and O–H groups in total. The molecule has 178 valence electrons. The number of anilines is 1. The van der Waals surface area contributed by atoms with Gasteiger partial charge < -0.3 is 29.8 Å². The van der Waals surface area contributed by atoms with E-state index in [1.165, 1.54) is 0 Å². The lowest BCUT2D eigenvalue weighted by atomic mass is 10.1. The van der Waals surface area contributed by atoms with Crippen LogP contribution in [0.25, 0.3) is 21.9 Å². The predicted octanol–water partition coefficient (Wildman–Crippen LogP) is 2.27. The first kappa shape index (κ1) is 23.4. The molecule has 4 rings (SSSR count). The second-order valence-electron chi connectivity index (χ2n) is 8.38. The third kappa shape index (κ3) is 5.10. The second kappa shape index (κ2) is 10.5. The topological polar surface area (TPSA) is 116 Å². The SMILES string of the molecule is CCOCc1nc2c(N)nc3cc(CCC(=O)N4CCOCC4)ccc3c2n1CC(O)CC. The summed E-state index contributed by atoms with van der Waals surface area (Å²) in [7, 11) is 0. The number of amides is 1. The van der Waals surface area contributed by atoms with E-state index in [1.54, 1.807) is 0 Å². The van der Waals surface area contributed by atoms with Gasteiger partial charge in [-0.2, -0.15) is 0 Å². The van der Waals surface area contributed by atoms with Crippen molar-refractivity contribution < 1.29 is 19.4 Å². The number of benzene rings is 1. The lowest BCUT2D eigenvalue weighted by molar-refractivity contribution is -0.135. The Morgan fingerprint density at radius 1 is 1.27 bits per heavy atom. The molecule has 1 atom stereocenters. The van der Waals surface area contributed by atoms with Gasteiger partial charge in [0.1, 0.15) is 17.9 Å². The fourth-order valence-corrected chi connectivity index (χ4v) is 4.22. The molecule has 1 fully saturated rings. The van der Waals surface area contributed by atoms with Crippen LogP contribution in [0.5, 0.6) is 0 Å². The van der Waals surface area contributed by atoms with E-state index in [1.807, 2.05) is 41.5 Å². The average Bonchev–Trinajstić information content (AvgIpc) is 3.20. The first-order valence-electron chi connectivity index (χ1n) is 11.7. The van der Waals surface area contributed by atoms with Gasteiger partial charge in [0.05, 0.1) is 36.9 Å². The molecule has 1 saturated heterocycles. The minimum atomic E-state index is -0.502. The Morgan fingerprint density at radius 2 is 2.06 bits per heavy atom. The molecule has 33 heavy (non-hydrogen) atoms. The number of ether oxygens (including phenoxy) is 2. The van der Waals surface area contributed by atoms with E-state index in [0.717, 1.165) is 27.8 Å². The number of aromatic nitrogens is 3. The minimum Gasteiger partial charge on any atom is -0.391 e. The largest absolute Gasteiger partial charge is 0.391 e. The van der Waals surface area contributed by atoms with Crippen LogP contribution in [0.1, 0.15) is 38.1 Å². The molecular weight excluding hydrogens is 422 g/mol. The molecule has 9 heteroatoms. The van der Waals surface area contributed by atoms with Crippen molar-refractivity contribution in [3.05, 3.63) is 29.6 Å². The fourth-order valence-electron chi connectivity index (χ4n) is 4.22. The highest BCUT2D eigenvalue weighted by Gasteiger charge is 2.20. The molecule has 3 heterocycles. The Hall–Kier alpha value is -2.75. The van der Waals surface area contributed by atoms with E-state index < -0.39 is 6.10 Å². The summed E-state index contributed by atoms with van der Waals surface area (Å²) in [6.45, 7) is 7.72. The van der Waals surface area contributed by atoms with Crippen molar-refractivity contribution in [2.24, 2.45) is 0 Å². The molecule has 9 nitrogen and oxygen atoms in total. The number of rotatable bonds is 9. The van der Waals surface area contributed by atoms with Crippen molar-refractivity contribution >= 4 is 33.7 Å². The number of hydrogen-bond acceptors (Lipinski definition) is 7. The Bertz CT molecular complexity index is 1120. The first-order valence-corrected chi connectivity index (χ1v) is 11.7. The van der Waals surface area contributed by atoms with E-state index in [0.29, 0.717) is 76.7 Å². The number of morpholine rings is 1. The lowest BCUT2D eigenvalue weighted by Gasteiger charge is -2.26. The maximum Gasteiger partial charge on any atom is 0.223 e. The molecule has 1 aliphatic heterocycles. The van der Waals surface area contributed by atoms with Crippen molar-refractivity contribution in [3.63, 3.8) is 0 Å². The summed E-state index contributed by atoms with van der Waals surface area (Å²) in [5, 5.41) is 11.3. The van der Waals surface area contributed by atoms with Gasteiger partial charge in [-0.15, -0.1) is 0 Å². The molecule has 3 aromatic rings. The van der Waals surface area contributed by atoms with Crippen LogP contribution in [-0.2, 0) is 33.8 Å². The highest BCUT2D eigenvalue weighted by molar-refractivity contribution is 6.06. The molecule has 0 spiro atoms. The standard InChI is InChI=1S/C24H33N5O4/c1-3-17(30)14-29-20(15-32-4-2)27-22-23(29)18-7-5-16(13-19(18)26-24(22)25)6-8-21(31)28-9-11-33-12-10-28/h5,7,13,17,30H,3-4,6,8-12,14-15H2,1-2H3,(H2,25,26). The van der Waals surface area contributed by atoms with E-state index in [-0.39, 0.29) is 5.91 Å². The maximum atomic E-state index is 12.5. The van der Waals surface area contributed by atoms with Crippen molar-refractivity contribution in [1.29, 1.82) is 0 Å². The van der Waals surface area contributed by atoms with Crippen LogP contribution in [0.3, 0.4) is 0 Å². The van der Waals surface area contributed by atoms with Crippen molar-refractivity contribution in [3.8, 4) is 0 Å². The summed E-state index contributed by atoms with van der Waals surface area (Å²) in [5.74, 6) is 1.22. The summed E-state index contributed by atoms with van der Waals surface area (Å²) in [5.41, 5.74) is 9.57. The van der Waals surface area contributed by atoms with E-state index >= 15 is 0 Å². The van der Waals surface area contributed by atoms with Crippen LogP contribution >= 0.6 is 0 Å². The quantitative estimate of drug-likeness (QED) is 0.508. The zero-order valence-electron chi connectivity index (χ0n) is 19.4. The van der Waals surface area contributed by atoms with E-state index in [4.69, 9.17) is 20.2 Å². The zero-order valence-corrected chi connectivity index (χ0v) is 19.4. The second-order valence-corrected chi connectivity index (χ2v) is 8.38. The summed E-state index contributed by atoms with van der Waals surface area (Å²) in [6, 6.07) is 6.04. The lowest BCUT2D eigenvalue weighted by Crippen LogP contribution is -2.40. The Balaban J connectivity index is 1.66. The van der Waals surface area contributed by atoms with Crippen LogP contribution < -0.4 is 5.73 Å². The number of nitrogen functional groups attached to an aromatic ring is 1. The van der Waals surface area contributed by atoms with Gasteiger partial charge in [-0.05, 0) is 31.4 Å². The molecule has 0 aliphatic carbocycles. The smallest absolute Gasteiger partial charge is 0.223 e. The number of carbonyl (C=O) groups is 1. The van der Waals surface area contributed by atoms with Crippen molar-refractivity contribution in [1.82, 2.24) is 19.4 Å². The summed E-state index contributed by atoms with van der Waals surface area (Å²) in [6.07, 6.45) is 1.21. The van der Waals surface area contributed by atoms with Gasteiger partial charge in [0.25, 0.3) is 0 Å². The number of imidazole rings is 1. The van der Waals surface area contributed by atoms with Crippen LogP contribution in [0.2, 0.25) is 0 Å². The van der Waals surface area contributed by atoms with Gasteiger partial charge in [0.2, 0.25) is 5.91 Å². The van der Waals surface area contributed by atoms with Gasteiger partial charge in [-0.25, -0.2) is 9.97 Å². The summed E-state index contributed by atoms with van der Waals surface area (Å²) < 4.78 is 12.9. The van der Waals surface area contributed by atoms with Crippen LogP contribution in [0, 0.1) is 0 Å². The predicted molar refractivity (Wildman–Crippen MR) is 127 cm³/mol. The molecule has 1 aromatic carbocycles. The highest BCUT2D eigenvalue weighted by atomic mass is 16.5. The van der Waals surface area contributed by atoms with Gasteiger partial charge in [-0.1, -0.05) is 19.1 Å².